The van der Waals surface area contributed by atoms with Gasteiger partial charge in [0.1, 0.15) is 0 Å². The van der Waals surface area contributed by atoms with Crippen LogP contribution in [-0.2, 0) is 23.1 Å². The van der Waals surface area contributed by atoms with Crippen LogP contribution >= 0.6 is 15.9 Å². The van der Waals surface area contributed by atoms with E-state index < -0.39 is 10.0 Å². The third-order valence-corrected chi connectivity index (χ3v) is 4.77. The van der Waals surface area contributed by atoms with Crippen molar-refractivity contribution in [3.05, 3.63) is 46.1 Å². The predicted octanol–water partition coefficient (Wildman–Crippen LogP) is 1.11. The molecule has 0 aliphatic carbocycles. The highest BCUT2D eigenvalue weighted by molar-refractivity contribution is 9.10. The molecule has 19 heavy (non-hydrogen) atoms. The molecule has 1 aromatic heterocycles. The maximum atomic E-state index is 12.1. The molecule has 0 saturated carbocycles. The molecule has 0 saturated heterocycles. The molecule has 2 aromatic rings. The van der Waals surface area contributed by atoms with Crippen molar-refractivity contribution in [3.63, 3.8) is 0 Å². The molecule has 0 unspecified atom stereocenters. The smallest absolute Gasteiger partial charge is 0.258 e. The molecule has 102 valence electrons. The number of nitrogens with zero attached hydrogens (tertiary/aromatic N) is 1. The number of hydrogen-bond donors (Lipinski definition) is 3. The molecule has 4 N–H and O–H groups in total. The minimum Gasteiger partial charge on any atom is -0.326 e. The van der Waals surface area contributed by atoms with Crippen molar-refractivity contribution in [1.29, 1.82) is 0 Å². The van der Waals surface area contributed by atoms with Crippen molar-refractivity contribution in [2.75, 3.05) is 0 Å². The molecule has 8 heteroatoms. The Morgan fingerprint density at radius 1 is 1.32 bits per heavy atom. The average Bonchev–Trinajstić information content (AvgIpc) is 2.87. The summed E-state index contributed by atoms with van der Waals surface area (Å²) in [6.45, 7) is 0.300. The van der Waals surface area contributed by atoms with Gasteiger partial charge < -0.3 is 5.73 Å². The summed E-state index contributed by atoms with van der Waals surface area (Å²) in [5.41, 5.74) is 6.77. The Morgan fingerprint density at radius 3 is 2.74 bits per heavy atom. The Labute approximate surface area is 119 Å². The molecule has 0 fully saturated rings. The van der Waals surface area contributed by atoms with Gasteiger partial charge in [-0.1, -0.05) is 34.1 Å². The molecule has 0 amide bonds. The van der Waals surface area contributed by atoms with Gasteiger partial charge in [-0.3, -0.25) is 5.10 Å². The summed E-state index contributed by atoms with van der Waals surface area (Å²) >= 11 is 3.37. The van der Waals surface area contributed by atoms with E-state index in [2.05, 4.69) is 30.8 Å². The van der Waals surface area contributed by atoms with Crippen LogP contribution in [0.1, 0.15) is 11.1 Å². The van der Waals surface area contributed by atoms with E-state index in [4.69, 9.17) is 5.73 Å². The van der Waals surface area contributed by atoms with Crippen LogP contribution in [0.2, 0.25) is 0 Å². The lowest BCUT2D eigenvalue weighted by molar-refractivity contribution is 0.575. The van der Waals surface area contributed by atoms with E-state index in [1.165, 1.54) is 6.20 Å². The van der Waals surface area contributed by atoms with Gasteiger partial charge in [0, 0.05) is 23.1 Å². The third kappa shape index (κ3) is 3.21. The molecule has 0 spiro atoms. The highest BCUT2D eigenvalue weighted by Gasteiger charge is 2.19. The first-order valence-electron chi connectivity index (χ1n) is 5.50. The van der Waals surface area contributed by atoms with E-state index in [1.54, 1.807) is 0 Å². The molecule has 0 radical (unpaired) electrons. The van der Waals surface area contributed by atoms with Gasteiger partial charge in [-0.15, -0.1) is 0 Å². The Balaban J connectivity index is 2.17. The van der Waals surface area contributed by atoms with Crippen molar-refractivity contribution in [1.82, 2.24) is 14.9 Å². The van der Waals surface area contributed by atoms with Crippen molar-refractivity contribution >= 4 is 26.0 Å². The highest BCUT2D eigenvalue weighted by Crippen LogP contribution is 2.17. The van der Waals surface area contributed by atoms with Crippen molar-refractivity contribution in [2.45, 2.75) is 18.1 Å². The van der Waals surface area contributed by atoms with E-state index in [-0.39, 0.29) is 18.1 Å². The molecular formula is C11H13BrN4O2S. The first-order valence-corrected chi connectivity index (χ1v) is 7.77. The van der Waals surface area contributed by atoms with E-state index in [0.717, 1.165) is 10.0 Å². The van der Waals surface area contributed by atoms with Crippen molar-refractivity contribution in [3.8, 4) is 0 Å². The molecule has 0 aliphatic heterocycles. The molecule has 0 bridgehead atoms. The number of H-pyrrole nitrogens is 1. The SMILES string of the molecule is NCc1cn[nH]c1S(=O)(=O)NCc1ccccc1Br. The van der Waals surface area contributed by atoms with Crippen LogP contribution in [0.5, 0.6) is 0 Å². The lowest BCUT2D eigenvalue weighted by atomic mass is 10.2. The molecule has 1 heterocycles. The van der Waals surface area contributed by atoms with E-state index >= 15 is 0 Å². The number of aromatic amines is 1. The normalized spacial score (nSPS) is 11.7. The second kappa shape index (κ2) is 5.83. The summed E-state index contributed by atoms with van der Waals surface area (Å²) in [4.78, 5) is 0. The van der Waals surface area contributed by atoms with Gasteiger partial charge in [-0.2, -0.15) is 5.10 Å². The molecule has 0 aliphatic rings. The van der Waals surface area contributed by atoms with Gasteiger partial charge in [0.05, 0.1) is 6.20 Å². The minimum atomic E-state index is -3.64. The van der Waals surface area contributed by atoms with Crippen LogP contribution in [0.4, 0.5) is 0 Å². The molecule has 0 atom stereocenters. The summed E-state index contributed by atoms with van der Waals surface area (Å²) in [6, 6.07) is 7.40. The summed E-state index contributed by atoms with van der Waals surface area (Å²) < 4.78 is 27.6. The second-order valence-electron chi connectivity index (χ2n) is 3.84. The third-order valence-electron chi connectivity index (χ3n) is 2.58. The number of rotatable bonds is 5. The Kier molecular flexibility index (Phi) is 4.35. The largest absolute Gasteiger partial charge is 0.326 e. The van der Waals surface area contributed by atoms with Crippen LogP contribution in [0.25, 0.3) is 0 Å². The van der Waals surface area contributed by atoms with E-state index in [1.807, 2.05) is 24.3 Å². The molecule has 6 nitrogen and oxygen atoms in total. The molecule has 2 rings (SSSR count). The molecular weight excluding hydrogens is 332 g/mol. The first-order chi connectivity index (χ1) is 9.04. The Morgan fingerprint density at radius 2 is 2.05 bits per heavy atom. The zero-order valence-electron chi connectivity index (χ0n) is 9.93. The standard InChI is InChI=1S/C11H13BrN4O2S/c12-10-4-2-1-3-8(10)7-15-19(17,18)11-9(5-13)6-14-16-11/h1-4,6,15H,5,7,13H2,(H,14,16). The fourth-order valence-corrected chi connectivity index (χ4v) is 3.13. The number of nitrogens with two attached hydrogens (primary N) is 1. The van der Waals surface area contributed by atoms with Crippen LogP contribution in [-0.4, -0.2) is 18.6 Å². The predicted molar refractivity (Wildman–Crippen MR) is 74.6 cm³/mol. The second-order valence-corrected chi connectivity index (χ2v) is 6.40. The minimum absolute atomic E-state index is 0.0158. The summed E-state index contributed by atoms with van der Waals surface area (Å²) in [5.74, 6) is 0. The number of halogens is 1. The number of aromatic nitrogens is 2. The van der Waals surface area contributed by atoms with Gasteiger partial charge in [0.15, 0.2) is 5.03 Å². The van der Waals surface area contributed by atoms with Crippen molar-refractivity contribution < 1.29 is 8.42 Å². The van der Waals surface area contributed by atoms with Crippen LogP contribution in [0.15, 0.2) is 40.0 Å². The lowest BCUT2D eigenvalue weighted by Gasteiger charge is -2.07. The van der Waals surface area contributed by atoms with Crippen molar-refractivity contribution in [2.24, 2.45) is 5.73 Å². The highest BCUT2D eigenvalue weighted by atomic mass is 79.9. The maximum absolute atomic E-state index is 12.1. The number of sulfonamides is 1. The number of benzene rings is 1. The van der Waals surface area contributed by atoms with Gasteiger partial charge in [0.2, 0.25) is 0 Å². The lowest BCUT2D eigenvalue weighted by Crippen LogP contribution is -2.25. The van der Waals surface area contributed by atoms with Gasteiger partial charge >= 0.3 is 0 Å². The first kappa shape index (κ1) is 14.2. The molecule has 1 aromatic carbocycles. The Bertz CT molecular complexity index is 669. The van der Waals surface area contributed by atoms with Crippen LogP contribution in [0, 0.1) is 0 Å². The fraction of sp³-hybridized carbons (Fsp3) is 0.182. The maximum Gasteiger partial charge on any atom is 0.258 e. The quantitative estimate of drug-likeness (QED) is 0.756. The summed E-state index contributed by atoms with van der Waals surface area (Å²) in [7, 11) is -3.64. The fourth-order valence-electron chi connectivity index (χ4n) is 1.56. The zero-order valence-corrected chi connectivity index (χ0v) is 12.3. The van der Waals surface area contributed by atoms with E-state index in [9.17, 15) is 8.42 Å². The number of hydrogen-bond acceptors (Lipinski definition) is 4. The summed E-state index contributed by atoms with van der Waals surface area (Å²) in [6.07, 6.45) is 1.41. The Hall–Kier alpha value is -1.22. The summed E-state index contributed by atoms with van der Waals surface area (Å²) in [5, 5.41) is 6.17. The van der Waals surface area contributed by atoms with E-state index in [0.29, 0.717) is 5.56 Å². The van der Waals surface area contributed by atoms with Crippen LogP contribution < -0.4 is 10.5 Å². The topological polar surface area (TPSA) is 101 Å². The number of nitrogens with one attached hydrogen (secondary N) is 2. The zero-order chi connectivity index (χ0) is 13.9. The van der Waals surface area contributed by atoms with Crippen LogP contribution in [0.3, 0.4) is 0 Å². The monoisotopic (exact) mass is 344 g/mol. The van der Waals surface area contributed by atoms with Gasteiger partial charge in [-0.05, 0) is 11.6 Å². The average molecular weight is 345 g/mol. The van der Waals surface area contributed by atoms with Gasteiger partial charge in [0.25, 0.3) is 10.0 Å². The van der Waals surface area contributed by atoms with Gasteiger partial charge in [-0.25, -0.2) is 13.1 Å².